The molecule has 7 nitrogen and oxygen atoms in total. The van der Waals surface area contributed by atoms with Crippen molar-refractivity contribution in [3.63, 3.8) is 0 Å². The maximum atomic E-state index is 14.5. The normalized spacial score (nSPS) is 13.2. The second-order valence-electron chi connectivity index (χ2n) is 8.30. The first-order valence-corrected chi connectivity index (χ1v) is 10.6. The molecule has 0 aliphatic carbocycles. The molecular weight excluding hydrogens is 395 g/mol. The summed E-state index contributed by atoms with van der Waals surface area (Å²) < 4.78 is 24.0. The lowest BCUT2D eigenvalue weighted by Crippen LogP contribution is -2.07. The van der Waals surface area contributed by atoms with Crippen molar-refractivity contribution in [2.24, 2.45) is 0 Å². The molecule has 3 aromatic heterocycles. The SMILES string of the molecule is Cc1nn(C(C)C)c(C)c1-c1cnc(CCc2c(F)ccc3c2CCO3)n2cnnc12. The molecule has 5 rings (SSSR count). The van der Waals surface area contributed by atoms with E-state index >= 15 is 0 Å². The number of halogens is 1. The highest BCUT2D eigenvalue weighted by atomic mass is 19.1. The first-order valence-electron chi connectivity index (χ1n) is 10.6. The van der Waals surface area contributed by atoms with E-state index in [9.17, 15) is 4.39 Å². The van der Waals surface area contributed by atoms with Gasteiger partial charge in [-0.15, -0.1) is 10.2 Å². The van der Waals surface area contributed by atoms with E-state index in [2.05, 4.69) is 31.0 Å². The van der Waals surface area contributed by atoms with Crippen LogP contribution >= 0.6 is 0 Å². The van der Waals surface area contributed by atoms with Crippen LogP contribution in [0.4, 0.5) is 4.39 Å². The summed E-state index contributed by atoms with van der Waals surface area (Å²) in [5, 5.41) is 13.2. The molecule has 0 amide bonds. The minimum atomic E-state index is -0.187. The first kappa shape index (κ1) is 19.7. The van der Waals surface area contributed by atoms with E-state index < -0.39 is 0 Å². The van der Waals surface area contributed by atoms with Gasteiger partial charge in [-0.05, 0) is 51.8 Å². The van der Waals surface area contributed by atoms with Crippen LogP contribution in [0.1, 0.15) is 48.2 Å². The lowest BCUT2D eigenvalue weighted by Gasteiger charge is -2.11. The van der Waals surface area contributed by atoms with Gasteiger partial charge in [-0.25, -0.2) is 9.37 Å². The number of aromatic nitrogens is 6. The van der Waals surface area contributed by atoms with Crippen LogP contribution in [0, 0.1) is 19.7 Å². The average Bonchev–Trinajstić information content (AvgIpc) is 3.46. The summed E-state index contributed by atoms with van der Waals surface area (Å²) in [6, 6.07) is 3.47. The Kier molecular flexibility index (Phi) is 4.72. The van der Waals surface area contributed by atoms with Gasteiger partial charge < -0.3 is 4.74 Å². The van der Waals surface area contributed by atoms with Gasteiger partial charge in [-0.2, -0.15) is 5.10 Å². The molecule has 0 radical (unpaired) electrons. The molecule has 1 aromatic carbocycles. The van der Waals surface area contributed by atoms with Gasteiger partial charge in [0.05, 0.1) is 12.3 Å². The molecule has 4 heterocycles. The van der Waals surface area contributed by atoms with Crippen LogP contribution in [0.3, 0.4) is 0 Å². The van der Waals surface area contributed by atoms with Gasteiger partial charge in [0.2, 0.25) is 0 Å². The molecule has 0 fully saturated rings. The molecule has 1 aliphatic rings. The Morgan fingerprint density at radius 2 is 2.03 bits per heavy atom. The van der Waals surface area contributed by atoms with Crippen LogP contribution in [0.5, 0.6) is 5.75 Å². The van der Waals surface area contributed by atoms with Gasteiger partial charge in [0.1, 0.15) is 23.7 Å². The topological polar surface area (TPSA) is 70.1 Å². The Balaban J connectivity index is 1.52. The van der Waals surface area contributed by atoms with Crippen molar-refractivity contribution in [3.8, 4) is 16.9 Å². The molecule has 0 bridgehead atoms. The number of rotatable bonds is 5. The Hall–Kier alpha value is -3.29. The Labute approximate surface area is 179 Å². The van der Waals surface area contributed by atoms with Crippen molar-refractivity contribution in [1.29, 1.82) is 0 Å². The third kappa shape index (κ3) is 3.17. The van der Waals surface area contributed by atoms with Crippen molar-refractivity contribution in [2.75, 3.05) is 6.61 Å². The smallest absolute Gasteiger partial charge is 0.171 e. The summed E-state index contributed by atoms with van der Waals surface area (Å²) in [4.78, 5) is 4.72. The second-order valence-corrected chi connectivity index (χ2v) is 8.30. The number of ether oxygens (including phenoxy) is 1. The molecule has 0 N–H and O–H groups in total. The van der Waals surface area contributed by atoms with Gasteiger partial charge in [0.25, 0.3) is 0 Å². The number of nitrogens with zero attached hydrogens (tertiary/aromatic N) is 6. The molecular formula is C23H25FN6O. The van der Waals surface area contributed by atoms with Gasteiger partial charge >= 0.3 is 0 Å². The standard InChI is InChI=1S/C23H25FN6O/c1-13(2)30-15(4)22(14(3)28-30)18-11-25-21(29-12-26-27-23(18)29)8-5-16-17-9-10-31-20(17)7-6-19(16)24/h6-7,11-13H,5,8-10H2,1-4H3. The lowest BCUT2D eigenvalue weighted by molar-refractivity contribution is 0.356. The van der Waals surface area contributed by atoms with E-state index in [1.54, 1.807) is 12.4 Å². The lowest BCUT2D eigenvalue weighted by atomic mass is 10.00. The highest BCUT2D eigenvalue weighted by molar-refractivity contribution is 5.79. The van der Waals surface area contributed by atoms with Crippen molar-refractivity contribution < 1.29 is 9.13 Å². The molecule has 1 aliphatic heterocycles. The summed E-state index contributed by atoms with van der Waals surface area (Å²) in [7, 11) is 0. The van der Waals surface area contributed by atoms with Crippen LogP contribution in [-0.4, -0.2) is 36.0 Å². The average molecular weight is 420 g/mol. The molecule has 0 saturated heterocycles. The molecule has 8 heteroatoms. The summed E-state index contributed by atoms with van der Waals surface area (Å²) in [6.45, 7) is 8.90. The van der Waals surface area contributed by atoms with Crippen molar-refractivity contribution in [3.05, 3.63) is 58.8 Å². The van der Waals surface area contributed by atoms with Gasteiger partial charge in [0, 0.05) is 47.5 Å². The maximum absolute atomic E-state index is 14.5. The quantitative estimate of drug-likeness (QED) is 0.487. The summed E-state index contributed by atoms with van der Waals surface area (Å²) in [6.07, 6.45) is 5.38. The van der Waals surface area contributed by atoms with E-state index in [0.717, 1.165) is 51.7 Å². The number of aryl methyl sites for hydroxylation is 2. The predicted octanol–water partition coefficient (Wildman–Crippen LogP) is 4.04. The van der Waals surface area contributed by atoms with E-state index in [4.69, 9.17) is 14.8 Å². The van der Waals surface area contributed by atoms with Crippen molar-refractivity contribution in [2.45, 2.75) is 53.0 Å². The highest BCUT2D eigenvalue weighted by Gasteiger charge is 2.22. The minimum absolute atomic E-state index is 0.187. The van der Waals surface area contributed by atoms with E-state index in [-0.39, 0.29) is 11.9 Å². The molecule has 0 spiro atoms. The van der Waals surface area contributed by atoms with Crippen molar-refractivity contribution >= 4 is 5.65 Å². The van der Waals surface area contributed by atoms with Gasteiger partial charge in [-0.3, -0.25) is 9.08 Å². The van der Waals surface area contributed by atoms with E-state index in [1.165, 1.54) is 6.07 Å². The fraction of sp³-hybridized carbons (Fsp3) is 0.391. The third-order valence-corrected chi connectivity index (χ3v) is 6.03. The van der Waals surface area contributed by atoms with Crippen LogP contribution in [0.2, 0.25) is 0 Å². The predicted molar refractivity (Wildman–Crippen MR) is 115 cm³/mol. The van der Waals surface area contributed by atoms with Crippen molar-refractivity contribution in [1.82, 2.24) is 29.4 Å². The number of fused-ring (bicyclic) bond motifs is 2. The second kappa shape index (κ2) is 7.44. The molecule has 31 heavy (non-hydrogen) atoms. The fourth-order valence-electron chi connectivity index (χ4n) is 4.61. The van der Waals surface area contributed by atoms with Crippen LogP contribution in [0.25, 0.3) is 16.8 Å². The Morgan fingerprint density at radius 3 is 2.81 bits per heavy atom. The van der Waals surface area contributed by atoms with Crippen LogP contribution < -0.4 is 4.74 Å². The third-order valence-electron chi connectivity index (χ3n) is 6.03. The maximum Gasteiger partial charge on any atom is 0.171 e. The summed E-state index contributed by atoms with van der Waals surface area (Å²) in [5.41, 5.74) is 6.39. The summed E-state index contributed by atoms with van der Waals surface area (Å²) >= 11 is 0. The number of hydrogen-bond donors (Lipinski definition) is 0. The number of benzene rings is 1. The van der Waals surface area contributed by atoms with Crippen LogP contribution in [0.15, 0.2) is 24.7 Å². The molecule has 0 atom stereocenters. The zero-order valence-corrected chi connectivity index (χ0v) is 18.2. The van der Waals surface area contributed by atoms with Gasteiger partial charge in [-0.1, -0.05) is 0 Å². The number of hydrogen-bond acceptors (Lipinski definition) is 5. The monoisotopic (exact) mass is 420 g/mol. The largest absolute Gasteiger partial charge is 0.493 e. The zero-order valence-electron chi connectivity index (χ0n) is 18.2. The fourth-order valence-corrected chi connectivity index (χ4v) is 4.61. The zero-order chi connectivity index (χ0) is 21.7. The van der Waals surface area contributed by atoms with Crippen LogP contribution in [-0.2, 0) is 19.3 Å². The molecule has 0 saturated carbocycles. The molecule has 4 aromatic rings. The molecule has 160 valence electrons. The highest BCUT2D eigenvalue weighted by Crippen LogP contribution is 2.33. The Morgan fingerprint density at radius 1 is 1.19 bits per heavy atom. The first-order chi connectivity index (χ1) is 15.0. The van der Waals surface area contributed by atoms with E-state index in [0.29, 0.717) is 25.0 Å². The minimum Gasteiger partial charge on any atom is -0.493 e. The van der Waals surface area contributed by atoms with Gasteiger partial charge in [0.15, 0.2) is 5.65 Å². The molecule has 0 unspecified atom stereocenters. The Bertz CT molecular complexity index is 1290. The summed E-state index contributed by atoms with van der Waals surface area (Å²) in [5.74, 6) is 1.40. The van der Waals surface area contributed by atoms with E-state index in [1.807, 2.05) is 22.2 Å².